The Balaban J connectivity index is 1.86. The van der Waals surface area contributed by atoms with Gasteiger partial charge in [0.2, 0.25) is 0 Å². The van der Waals surface area contributed by atoms with Gasteiger partial charge in [0.05, 0.1) is 6.04 Å². The van der Waals surface area contributed by atoms with E-state index in [0.717, 1.165) is 12.2 Å². The highest BCUT2D eigenvalue weighted by atomic mass is 32.2. The topological polar surface area (TPSA) is 29.9 Å². The van der Waals surface area contributed by atoms with E-state index in [9.17, 15) is 0 Å². The van der Waals surface area contributed by atoms with Crippen LogP contribution >= 0.6 is 11.8 Å². The number of nitrogens with one attached hydrogen (secondary N) is 1. The largest absolute Gasteiger partial charge is 0.337 e. The van der Waals surface area contributed by atoms with Crippen LogP contribution in [0, 0.1) is 0 Å². The minimum Gasteiger partial charge on any atom is -0.337 e. The number of imidazole rings is 1. The fourth-order valence-corrected chi connectivity index (χ4v) is 4.00. The number of nitrogens with zero attached hydrogens (tertiary/aromatic N) is 2. The van der Waals surface area contributed by atoms with Crippen LogP contribution in [-0.4, -0.2) is 21.8 Å². The summed E-state index contributed by atoms with van der Waals surface area (Å²) in [5.74, 6) is 1.11. The van der Waals surface area contributed by atoms with E-state index in [2.05, 4.69) is 46.2 Å². The molecule has 94 valence electrons. The van der Waals surface area contributed by atoms with Gasteiger partial charge in [0.1, 0.15) is 5.82 Å². The average molecular weight is 259 g/mol. The Hall–Kier alpha value is -1.26. The third kappa shape index (κ3) is 1.95. The number of hydrogen-bond donors (Lipinski definition) is 1. The maximum absolute atomic E-state index is 4.48. The number of benzene rings is 1. The van der Waals surface area contributed by atoms with Crippen LogP contribution in [-0.2, 0) is 13.5 Å². The molecule has 1 aromatic carbocycles. The molecule has 3 nitrogen and oxygen atoms in total. The first kappa shape index (κ1) is 11.8. The third-order valence-electron chi connectivity index (χ3n) is 3.49. The van der Waals surface area contributed by atoms with Gasteiger partial charge in [-0.15, -0.1) is 11.8 Å². The third-order valence-corrected chi connectivity index (χ3v) is 4.89. The van der Waals surface area contributed by atoms with Gasteiger partial charge in [-0.2, -0.15) is 0 Å². The SMILES string of the molecule is CNC(c1nccn1C)C1Cc2ccccc2S1. The highest BCUT2D eigenvalue weighted by molar-refractivity contribution is 8.00. The van der Waals surface area contributed by atoms with E-state index in [0.29, 0.717) is 11.3 Å². The van der Waals surface area contributed by atoms with Crippen LogP contribution < -0.4 is 5.32 Å². The summed E-state index contributed by atoms with van der Waals surface area (Å²) in [6.45, 7) is 0. The Morgan fingerprint density at radius 1 is 1.44 bits per heavy atom. The number of rotatable bonds is 3. The Morgan fingerprint density at radius 2 is 2.28 bits per heavy atom. The number of hydrogen-bond acceptors (Lipinski definition) is 3. The van der Waals surface area contributed by atoms with Gasteiger partial charge in [0, 0.05) is 29.6 Å². The molecule has 3 rings (SSSR count). The molecule has 1 aromatic heterocycles. The second-order valence-electron chi connectivity index (χ2n) is 4.63. The van der Waals surface area contributed by atoms with Crippen molar-refractivity contribution in [3.63, 3.8) is 0 Å². The van der Waals surface area contributed by atoms with Crippen molar-refractivity contribution in [2.75, 3.05) is 7.05 Å². The number of thioether (sulfide) groups is 1. The van der Waals surface area contributed by atoms with E-state index in [1.165, 1.54) is 10.5 Å². The highest BCUT2D eigenvalue weighted by Crippen LogP contribution is 2.41. The molecule has 0 fully saturated rings. The molecule has 0 saturated heterocycles. The van der Waals surface area contributed by atoms with E-state index in [1.807, 2.05) is 31.2 Å². The van der Waals surface area contributed by atoms with Crippen LogP contribution in [0.3, 0.4) is 0 Å². The molecule has 0 radical (unpaired) electrons. The molecule has 4 heteroatoms. The Kier molecular flexibility index (Phi) is 3.14. The molecule has 2 aromatic rings. The van der Waals surface area contributed by atoms with Gasteiger partial charge in [0.25, 0.3) is 0 Å². The number of aryl methyl sites for hydroxylation is 1. The minimum absolute atomic E-state index is 0.294. The number of fused-ring (bicyclic) bond motifs is 1. The zero-order chi connectivity index (χ0) is 12.5. The van der Waals surface area contributed by atoms with Crippen molar-refractivity contribution in [3.8, 4) is 0 Å². The maximum atomic E-state index is 4.48. The molecule has 0 saturated carbocycles. The van der Waals surface area contributed by atoms with Crippen molar-refractivity contribution < 1.29 is 0 Å². The smallest absolute Gasteiger partial charge is 0.126 e. The van der Waals surface area contributed by atoms with Crippen molar-refractivity contribution in [1.29, 1.82) is 0 Å². The van der Waals surface area contributed by atoms with Crippen LogP contribution in [0.15, 0.2) is 41.6 Å². The maximum Gasteiger partial charge on any atom is 0.126 e. The van der Waals surface area contributed by atoms with E-state index in [1.54, 1.807) is 0 Å². The second-order valence-corrected chi connectivity index (χ2v) is 5.91. The predicted molar refractivity (Wildman–Crippen MR) is 74.8 cm³/mol. The summed E-state index contributed by atoms with van der Waals surface area (Å²) in [5.41, 5.74) is 1.46. The standard InChI is InChI=1S/C14H17N3S/c1-15-13(14-16-7-8-17(14)2)12-9-10-5-3-4-6-11(10)18-12/h3-8,12-13,15H,9H2,1-2H3. The van der Waals surface area contributed by atoms with Crippen LogP contribution in [0.1, 0.15) is 17.4 Å². The lowest BCUT2D eigenvalue weighted by atomic mass is 10.0. The first-order chi connectivity index (χ1) is 8.79. The monoisotopic (exact) mass is 259 g/mol. The number of aromatic nitrogens is 2. The first-order valence-electron chi connectivity index (χ1n) is 6.18. The Labute approximate surface area is 112 Å². The fraction of sp³-hybridized carbons (Fsp3) is 0.357. The molecule has 1 N–H and O–H groups in total. The Morgan fingerprint density at radius 3 is 2.94 bits per heavy atom. The zero-order valence-electron chi connectivity index (χ0n) is 10.6. The lowest BCUT2D eigenvalue weighted by molar-refractivity contribution is 0.521. The summed E-state index contributed by atoms with van der Waals surface area (Å²) in [4.78, 5) is 5.90. The molecule has 1 aliphatic heterocycles. The summed E-state index contributed by atoms with van der Waals surface area (Å²) in [6.07, 6.45) is 4.98. The van der Waals surface area contributed by atoms with E-state index < -0.39 is 0 Å². The predicted octanol–water partition coefficient (Wildman–Crippen LogP) is 2.40. The van der Waals surface area contributed by atoms with Gasteiger partial charge >= 0.3 is 0 Å². The molecule has 0 aliphatic carbocycles. The molecule has 0 bridgehead atoms. The molecule has 2 unspecified atom stereocenters. The van der Waals surface area contributed by atoms with E-state index in [-0.39, 0.29) is 0 Å². The first-order valence-corrected chi connectivity index (χ1v) is 7.06. The molecule has 0 spiro atoms. The van der Waals surface area contributed by atoms with Crippen molar-refractivity contribution >= 4 is 11.8 Å². The van der Waals surface area contributed by atoms with Crippen molar-refractivity contribution in [2.24, 2.45) is 7.05 Å². The van der Waals surface area contributed by atoms with Crippen molar-refractivity contribution in [1.82, 2.24) is 14.9 Å². The summed E-state index contributed by atoms with van der Waals surface area (Å²) < 4.78 is 2.10. The minimum atomic E-state index is 0.294. The van der Waals surface area contributed by atoms with Crippen molar-refractivity contribution in [3.05, 3.63) is 48.0 Å². The highest BCUT2D eigenvalue weighted by Gasteiger charge is 2.31. The van der Waals surface area contributed by atoms with E-state index >= 15 is 0 Å². The van der Waals surface area contributed by atoms with Crippen LogP contribution in [0.4, 0.5) is 0 Å². The summed E-state index contributed by atoms with van der Waals surface area (Å²) in [5, 5.41) is 3.94. The lowest BCUT2D eigenvalue weighted by Crippen LogP contribution is -2.29. The van der Waals surface area contributed by atoms with Gasteiger partial charge in [0.15, 0.2) is 0 Å². The van der Waals surface area contributed by atoms with Gasteiger partial charge in [-0.25, -0.2) is 4.98 Å². The summed E-state index contributed by atoms with van der Waals surface area (Å²) in [7, 11) is 4.07. The average Bonchev–Trinajstić information content (AvgIpc) is 2.97. The normalized spacial score (nSPS) is 19.8. The van der Waals surface area contributed by atoms with Gasteiger partial charge in [-0.1, -0.05) is 18.2 Å². The molecule has 18 heavy (non-hydrogen) atoms. The molecular formula is C14H17N3S. The van der Waals surface area contributed by atoms with Gasteiger partial charge < -0.3 is 9.88 Å². The molecule has 2 heterocycles. The second kappa shape index (κ2) is 4.78. The van der Waals surface area contributed by atoms with E-state index in [4.69, 9.17) is 0 Å². The fourth-order valence-electron chi connectivity index (χ4n) is 2.55. The molecular weight excluding hydrogens is 242 g/mol. The molecule has 0 amide bonds. The quantitative estimate of drug-likeness (QED) is 0.918. The zero-order valence-corrected chi connectivity index (χ0v) is 11.4. The molecule has 2 atom stereocenters. The van der Waals surface area contributed by atoms with Crippen molar-refractivity contribution in [2.45, 2.75) is 22.6 Å². The Bertz CT molecular complexity index is 524. The summed E-state index contributed by atoms with van der Waals surface area (Å²) in [6, 6.07) is 8.97. The van der Waals surface area contributed by atoms with Gasteiger partial charge in [-0.3, -0.25) is 0 Å². The lowest BCUT2D eigenvalue weighted by Gasteiger charge is -2.21. The van der Waals surface area contributed by atoms with Crippen LogP contribution in [0.2, 0.25) is 0 Å². The van der Waals surface area contributed by atoms with Gasteiger partial charge in [-0.05, 0) is 25.1 Å². The molecule has 1 aliphatic rings. The summed E-state index contributed by atoms with van der Waals surface area (Å²) >= 11 is 1.96. The van der Waals surface area contributed by atoms with Crippen LogP contribution in [0.5, 0.6) is 0 Å². The van der Waals surface area contributed by atoms with Crippen LogP contribution in [0.25, 0.3) is 0 Å².